The molecule has 8 N–H and O–H groups in total. The van der Waals surface area contributed by atoms with E-state index in [1.54, 1.807) is 39.0 Å². The van der Waals surface area contributed by atoms with Gasteiger partial charge in [-0.05, 0) is 85.5 Å². The molecule has 0 aliphatic carbocycles. The highest BCUT2D eigenvalue weighted by molar-refractivity contribution is 6.04. The van der Waals surface area contributed by atoms with Crippen molar-refractivity contribution in [1.29, 1.82) is 0 Å². The molecule has 0 saturated heterocycles. The molecular formula is C42H48N8O6. The number of ether oxygens (including phenoxy) is 1. The first kappa shape index (κ1) is 39.5. The molecule has 4 aromatic rings. The monoisotopic (exact) mass is 760 g/mol. The van der Waals surface area contributed by atoms with Gasteiger partial charge in [0.05, 0.1) is 42.2 Å². The highest BCUT2D eigenvalue weighted by Gasteiger charge is 2.30. The summed E-state index contributed by atoms with van der Waals surface area (Å²) in [5, 5.41) is 11.1. The van der Waals surface area contributed by atoms with Crippen LogP contribution in [0.5, 0.6) is 5.75 Å². The number of nitrogens with zero attached hydrogens (tertiary/aromatic N) is 2. The standard InChI is InChI=1S/C42H48N8O6/c1-22-15-26-17-29(27-8-6-7-25(16-27)19-34(51)45-21-35(52)48-32(18-26)38(44)53)37(22)50-40(54)31(11-13-43)49-41(55)36-23(2)46-39(47-24(36)3)28-9-10-30-33(20-28)56-14-12-42(30,4)5/h6-10,15-17,20,31-32H,11-14,18-19,21,43H2,1-5H3,(H2,44,53)(H,45,51)(H,48,52)(H,49,55)(H,50,54)/t31-,32?/m0/s1. The van der Waals surface area contributed by atoms with Gasteiger partial charge in [0.2, 0.25) is 23.6 Å². The minimum absolute atomic E-state index is 0.00502. The van der Waals surface area contributed by atoms with E-state index in [1.807, 2.05) is 36.4 Å². The third-order valence-corrected chi connectivity index (χ3v) is 10.3. The van der Waals surface area contributed by atoms with Gasteiger partial charge in [0, 0.05) is 17.5 Å². The van der Waals surface area contributed by atoms with Crippen molar-refractivity contribution in [2.75, 3.05) is 25.0 Å². The van der Waals surface area contributed by atoms with Crippen LogP contribution in [-0.4, -0.2) is 71.3 Å². The van der Waals surface area contributed by atoms with E-state index in [2.05, 4.69) is 45.1 Å². The summed E-state index contributed by atoms with van der Waals surface area (Å²) in [6.07, 6.45) is 1.12. The average Bonchev–Trinajstić information content (AvgIpc) is 3.13. The smallest absolute Gasteiger partial charge is 0.255 e. The van der Waals surface area contributed by atoms with Gasteiger partial charge in [0.15, 0.2) is 5.82 Å². The second kappa shape index (κ2) is 16.3. The number of carbonyl (C=O) groups is 5. The van der Waals surface area contributed by atoms with Crippen LogP contribution in [0.1, 0.15) is 70.7 Å². The number of primary amides is 1. The quantitative estimate of drug-likeness (QED) is 0.155. The van der Waals surface area contributed by atoms with E-state index in [-0.39, 0.29) is 49.2 Å². The lowest BCUT2D eigenvalue weighted by molar-refractivity contribution is -0.128. The minimum Gasteiger partial charge on any atom is -0.493 e. The lowest BCUT2D eigenvalue weighted by atomic mass is 9.79. The Morgan fingerprint density at radius 2 is 1.71 bits per heavy atom. The number of aryl methyl sites for hydroxylation is 3. The normalized spacial score (nSPS) is 16.9. The molecule has 1 unspecified atom stereocenters. The molecule has 14 heteroatoms. The number of aromatic nitrogens is 2. The number of carbonyl (C=O) groups excluding carboxylic acids is 5. The molecule has 14 nitrogen and oxygen atoms in total. The Morgan fingerprint density at radius 3 is 2.43 bits per heavy atom. The molecule has 3 heterocycles. The van der Waals surface area contributed by atoms with Crippen molar-refractivity contribution in [2.45, 2.75) is 77.8 Å². The first-order chi connectivity index (χ1) is 26.6. The maximum atomic E-state index is 14.1. The minimum atomic E-state index is -1.05. The van der Waals surface area contributed by atoms with E-state index in [4.69, 9.17) is 16.2 Å². The Morgan fingerprint density at radius 1 is 0.964 bits per heavy atom. The lowest BCUT2D eigenvalue weighted by Gasteiger charge is -2.32. The maximum absolute atomic E-state index is 14.1. The van der Waals surface area contributed by atoms with Crippen LogP contribution < -0.4 is 37.5 Å². The number of nitrogens with one attached hydrogen (secondary N) is 4. The number of hydrogen-bond acceptors (Lipinski definition) is 9. The predicted octanol–water partition coefficient (Wildman–Crippen LogP) is 3.07. The number of hydrogen-bond donors (Lipinski definition) is 6. The van der Waals surface area contributed by atoms with E-state index in [1.165, 1.54) is 0 Å². The zero-order chi connectivity index (χ0) is 40.3. The van der Waals surface area contributed by atoms with Crippen molar-refractivity contribution >= 4 is 35.2 Å². The van der Waals surface area contributed by atoms with E-state index < -0.39 is 35.7 Å². The summed E-state index contributed by atoms with van der Waals surface area (Å²) >= 11 is 0. The molecule has 3 aromatic carbocycles. The maximum Gasteiger partial charge on any atom is 0.255 e. The second-order valence-corrected chi connectivity index (χ2v) is 15.1. The third-order valence-electron chi connectivity index (χ3n) is 10.3. The van der Waals surface area contributed by atoms with Gasteiger partial charge in [-0.2, -0.15) is 0 Å². The van der Waals surface area contributed by atoms with Crippen LogP contribution >= 0.6 is 0 Å². The predicted molar refractivity (Wildman–Crippen MR) is 212 cm³/mol. The number of anilines is 1. The van der Waals surface area contributed by atoms with Crippen molar-refractivity contribution in [3.05, 3.63) is 93.8 Å². The second-order valence-electron chi connectivity index (χ2n) is 15.1. The van der Waals surface area contributed by atoms with Crippen LogP contribution in [0.4, 0.5) is 5.69 Å². The van der Waals surface area contributed by atoms with Crippen LogP contribution in [0.15, 0.2) is 54.6 Å². The Kier molecular flexibility index (Phi) is 11.5. The Balaban J connectivity index is 1.28. The summed E-state index contributed by atoms with van der Waals surface area (Å²) in [7, 11) is 0. The molecule has 2 aliphatic rings. The van der Waals surface area contributed by atoms with Crippen molar-refractivity contribution in [3.8, 4) is 28.3 Å². The Labute approximate surface area is 325 Å². The molecule has 5 amide bonds. The van der Waals surface area contributed by atoms with Crippen LogP contribution in [0.3, 0.4) is 0 Å². The van der Waals surface area contributed by atoms with Gasteiger partial charge >= 0.3 is 0 Å². The fourth-order valence-electron chi connectivity index (χ4n) is 7.29. The van der Waals surface area contributed by atoms with Gasteiger partial charge in [-0.3, -0.25) is 24.0 Å². The number of amides is 5. The van der Waals surface area contributed by atoms with Gasteiger partial charge in [-0.25, -0.2) is 9.97 Å². The first-order valence-electron chi connectivity index (χ1n) is 18.7. The summed E-state index contributed by atoms with van der Waals surface area (Å²) in [6.45, 7) is 10.1. The molecule has 1 aromatic heterocycles. The van der Waals surface area contributed by atoms with Crippen LogP contribution in [0.2, 0.25) is 0 Å². The van der Waals surface area contributed by atoms with Crippen molar-refractivity contribution < 1.29 is 28.7 Å². The third kappa shape index (κ3) is 8.70. The first-order valence-corrected chi connectivity index (χ1v) is 18.7. The fourth-order valence-corrected chi connectivity index (χ4v) is 7.29. The zero-order valence-electron chi connectivity index (χ0n) is 32.3. The SMILES string of the molecule is Cc1cc2cc(c1NC(=O)[C@H](CCN)NC(=O)c1c(C)nc(-c3ccc4c(c3)OCCC4(C)C)nc1C)-c1cccc(c1)CC(=O)NCC(=O)NC(C(N)=O)C2. The Bertz CT molecular complexity index is 2210. The molecule has 0 saturated carbocycles. The molecule has 0 fully saturated rings. The average molecular weight is 761 g/mol. The van der Waals surface area contributed by atoms with E-state index in [0.717, 1.165) is 23.3 Å². The number of fused-ring (bicyclic) bond motifs is 6. The van der Waals surface area contributed by atoms with Crippen LogP contribution in [0.25, 0.3) is 22.5 Å². The highest BCUT2D eigenvalue weighted by Crippen LogP contribution is 2.40. The summed E-state index contributed by atoms with van der Waals surface area (Å²) in [5.41, 5.74) is 18.4. The van der Waals surface area contributed by atoms with Gasteiger partial charge in [-0.1, -0.05) is 56.3 Å². The fraction of sp³-hybridized carbons (Fsp3) is 0.357. The number of benzene rings is 3. The van der Waals surface area contributed by atoms with Gasteiger partial charge in [0.25, 0.3) is 5.91 Å². The molecule has 292 valence electrons. The summed E-state index contributed by atoms with van der Waals surface area (Å²) in [5.74, 6) is -1.44. The zero-order valence-corrected chi connectivity index (χ0v) is 32.3. The molecular weight excluding hydrogens is 713 g/mol. The molecule has 6 rings (SSSR count). The van der Waals surface area contributed by atoms with Gasteiger partial charge in [-0.15, -0.1) is 0 Å². The van der Waals surface area contributed by atoms with Gasteiger partial charge < -0.3 is 37.5 Å². The number of rotatable bonds is 8. The van der Waals surface area contributed by atoms with Crippen LogP contribution in [0, 0.1) is 20.8 Å². The van der Waals surface area contributed by atoms with Gasteiger partial charge in [0.1, 0.15) is 17.8 Å². The summed E-state index contributed by atoms with van der Waals surface area (Å²) < 4.78 is 5.97. The van der Waals surface area contributed by atoms with Crippen molar-refractivity contribution in [1.82, 2.24) is 25.9 Å². The van der Waals surface area contributed by atoms with Crippen molar-refractivity contribution in [2.24, 2.45) is 11.5 Å². The molecule has 56 heavy (non-hydrogen) atoms. The van der Waals surface area contributed by atoms with E-state index >= 15 is 0 Å². The molecule has 0 spiro atoms. The van der Waals surface area contributed by atoms with Crippen LogP contribution in [-0.2, 0) is 37.4 Å². The summed E-state index contributed by atoms with van der Waals surface area (Å²) in [6, 6.07) is 14.8. The summed E-state index contributed by atoms with van der Waals surface area (Å²) in [4.78, 5) is 75.0. The van der Waals surface area contributed by atoms with E-state index in [0.29, 0.717) is 57.3 Å². The topological polar surface area (TPSA) is 221 Å². The Hall–Kier alpha value is -6.15. The molecule has 4 bridgehead atoms. The molecule has 0 radical (unpaired) electrons. The highest BCUT2D eigenvalue weighted by atomic mass is 16.5. The number of nitrogens with two attached hydrogens (primary N) is 2. The largest absolute Gasteiger partial charge is 0.493 e. The lowest BCUT2D eigenvalue weighted by Crippen LogP contribution is -2.49. The molecule has 2 atom stereocenters. The molecule has 2 aliphatic heterocycles. The van der Waals surface area contributed by atoms with E-state index in [9.17, 15) is 24.0 Å². The van der Waals surface area contributed by atoms with Crippen molar-refractivity contribution in [3.63, 3.8) is 0 Å².